The van der Waals surface area contributed by atoms with Crippen molar-refractivity contribution < 1.29 is 9.63 Å². The maximum atomic E-state index is 11.3. The number of carbonyl (C=O) groups is 1. The second-order valence-electron chi connectivity index (χ2n) is 2.65. The first-order chi connectivity index (χ1) is 6.77. The Morgan fingerprint density at radius 3 is 3.21 bits per heavy atom. The van der Waals surface area contributed by atoms with E-state index in [4.69, 9.17) is 10.6 Å². The van der Waals surface area contributed by atoms with Crippen molar-refractivity contribution in [1.82, 2.24) is 15.0 Å². The van der Waals surface area contributed by atoms with Gasteiger partial charge in [-0.2, -0.15) is 0 Å². The lowest BCUT2D eigenvalue weighted by atomic mass is 10.4. The van der Waals surface area contributed by atoms with Crippen LogP contribution in [-0.4, -0.2) is 28.6 Å². The van der Waals surface area contributed by atoms with Crippen molar-refractivity contribution in [3.05, 3.63) is 18.2 Å². The summed E-state index contributed by atoms with van der Waals surface area (Å²) in [7, 11) is 0. The van der Waals surface area contributed by atoms with Crippen LogP contribution in [0.2, 0.25) is 0 Å². The maximum Gasteiger partial charge on any atom is 0.295 e. The molecule has 0 unspecified atom stereocenters. The van der Waals surface area contributed by atoms with Crippen molar-refractivity contribution in [2.45, 2.75) is 13.5 Å². The third-order valence-electron chi connectivity index (χ3n) is 1.56. The molecule has 1 rings (SSSR count). The summed E-state index contributed by atoms with van der Waals surface area (Å²) >= 11 is 0. The standard InChI is InChI=1S/C8H14N4O2/c1-2-14-11-8(13)7-5-12(4-3-9)6-10-7/h5-6H,2-4,9H2,1H3,(H,11,13). The van der Waals surface area contributed by atoms with Crippen molar-refractivity contribution in [3.8, 4) is 0 Å². The van der Waals surface area contributed by atoms with Gasteiger partial charge in [-0.05, 0) is 6.92 Å². The van der Waals surface area contributed by atoms with Crippen LogP contribution in [0.5, 0.6) is 0 Å². The molecule has 6 nitrogen and oxygen atoms in total. The number of nitrogens with one attached hydrogen (secondary N) is 1. The lowest BCUT2D eigenvalue weighted by Gasteiger charge is -1.99. The second-order valence-corrected chi connectivity index (χ2v) is 2.65. The van der Waals surface area contributed by atoms with Gasteiger partial charge in [0.05, 0.1) is 12.9 Å². The van der Waals surface area contributed by atoms with Crippen molar-refractivity contribution >= 4 is 5.91 Å². The predicted octanol–water partition coefficient (Wildman–Crippen LogP) is -0.477. The van der Waals surface area contributed by atoms with Crippen LogP contribution in [-0.2, 0) is 11.4 Å². The van der Waals surface area contributed by atoms with Crippen LogP contribution in [0.3, 0.4) is 0 Å². The van der Waals surface area contributed by atoms with Crippen molar-refractivity contribution in [1.29, 1.82) is 0 Å². The summed E-state index contributed by atoms with van der Waals surface area (Å²) < 4.78 is 1.75. The van der Waals surface area contributed by atoms with Gasteiger partial charge < -0.3 is 10.3 Å². The molecule has 6 heteroatoms. The van der Waals surface area contributed by atoms with Gasteiger partial charge in [-0.3, -0.25) is 9.63 Å². The molecule has 0 fully saturated rings. The third-order valence-corrected chi connectivity index (χ3v) is 1.56. The van der Waals surface area contributed by atoms with Gasteiger partial charge >= 0.3 is 0 Å². The highest BCUT2D eigenvalue weighted by molar-refractivity contribution is 5.91. The van der Waals surface area contributed by atoms with Crippen LogP contribution in [0, 0.1) is 0 Å². The molecule has 78 valence electrons. The van der Waals surface area contributed by atoms with Crippen molar-refractivity contribution in [2.75, 3.05) is 13.2 Å². The highest BCUT2D eigenvalue weighted by atomic mass is 16.6. The van der Waals surface area contributed by atoms with Gasteiger partial charge in [0.2, 0.25) is 0 Å². The molecular weight excluding hydrogens is 184 g/mol. The average Bonchev–Trinajstić information content (AvgIpc) is 2.63. The third kappa shape index (κ3) is 2.82. The molecule has 0 atom stereocenters. The van der Waals surface area contributed by atoms with Crippen LogP contribution in [0.25, 0.3) is 0 Å². The minimum absolute atomic E-state index is 0.326. The number of nitrogens with zero attached hydrogens (tertiary/aromatic N) is 2. The quantitative estimate of drug-likeness (QED) is 0.626. The largest absolute Gasteiger partial charge is 0.335 e. The minimum atomic E-state index is -0.345. The number of carbonyl (C=O) groups excluding carboxylic acids is 1. The topological polar surface area (TPSA) is 82.2 Å². The monoisotopic (exact) mass is 198 g/mol. The molecular formula is C8H14N4O2. The Bertz CT molecular complexity index is 297. The van der Waals surface area contributed by atoms with E-state index in [-0.39, 0.29) is 5.91 Å². The van der Waals surface area contributed by atoms with Gasteiger partial charge in [0, 0.05) is 19.3 Å². The fourth-order valence-electron chi connectivity index (χ4n) is 0.939. The number of amides is 1. The lowest BCUT2D eigenvalue weighted by molar-refractivity contribution is 0.0360. The van der Waals surface area contributed by atoms with E-state index < -0.39 is 0 Å². The van der Waals surface area contributed by atoms with E-state index in [9.17, 15) is 4.79 Å². The summed E-state index contributed by atoms with van der Waals surface area (Å²) in [6.07, 6.45) is 3.19. The molecule has 1 heterocycles. The Balaban J connectivity index is 2.53. The number of aromatic nitrogens is 2. The van der Waals surface area contributed by atoms with E-state index in [0.717, 1.165) is 0 Å². The Morgan fingerprint density at radius 2 is 2.57 bits per heavy atom. The maximum absolute atomic E-state index is 11.3. The summed E-state index contributed by atoms with van der Waals surface area (Å²) in [6.45, 7) is 3.38. The Hall–Kier alpha value is -1.40. The van der Waals surface area contributed by atoms with Crippen molar-refractivity contribution in [3.63, 3.8) is 0 Å². The summed E-state index contributed by atoms with van der Waals surface area (Å²) in [4.78, 5) is 19.9. The van der Waals surface area contributed by atoms with Crippen molar-refractivity contribution in [2.24, 2.45) is 5.73 Å². The molecule has 3 N–H and O–H groups in total. The molecule has 0 aliphatic carbocycles. The number of rotatable bonds is 5. The molecule has 14 heavy (non-hydrogen) atoms. The SMILES string of the molecule is CCONC(=O)c1cn(CCN)cn1. The average molecular weight is 198 g/mol. The van der Waals surface area contributed by atoms with Crippen LogP contribution in [0.1, 0.15) is 17.4 Å². The highest BCUT2D eigenvalue weighted by Gasteiger charge is 2.08. The van der Waals surface area contributed by atoms with E-state index in [1.807, 2.05) is 0 Å². The normalized spacial score (nSPS) is 10.1. The number of imidazole rings is 1. The molecule has 1 aromatic rings. The molecule has 0 bridgehead atoms. The Labute approximate surface area is 82.0 Å². The zero-order valence-electron chi connectivity index (χ0n) is 8.06. The van der Waals surface area contributed by atoms with Crippen LogP contribution >= 0.6 is 0 Å². The summed E-state index contributed by atoms with van der Waals surface area (Å²) in [6, 6.07) is 0. The fourth-order valence-corrected chi connectivity index (χ4v) is 0.939. The van der Waals surface area contributed by atoms with E-state index in [2.05, 4.69) is 10.5 Å². The van der Waals surface area contributed by atoms with Crippen LogP contribution in [0.4, 0.5) is 0 Å². The first-order valence-electron chi connectivity index (χ1n) is 4.42. The highest BCUT2D eigenvalue weighted by Crippen LogP contribution is 1.95. The minimum Gasteiger partial charge on any atom is -0.335 e. The van der Waals surface area contributed by atoms with E-state index in [0.29, 0.717) is 25.4 Å². The van der Waals surface area contributed by atoms with Gasteiger partial charge in [-0.1, -0.05) is 0 Å². The molecule has 1 aromatic heterocycles. The van der Waals surface area contributed by atoms with E-state index >= 15 is 0 Å². The first kappa shape index (κ1) is 10.7. The first-order valence-corrected chi connectivity index (χ1v) is 4.42. The fraction of sp³-hybridized carbons (Fsp3) is 0.500. The second kappa shape index (κ2) is 5.36. The van der Waals surface area contributed by atoms with Gasteiger partial charge in [0.15, 0.2) is 0 Å². The smallest absolute Gasteiger partial charge is 0.295 e. The van der Waals surface area contributed by atoms with Crippen LogP contribution < -0.4 is 11.2 Å². The predicted molar refractivity (Wildman–Crippen MR) is 50.4 cm³/mol. The number of hydrogen-bond acceptors (Lipinski definition) is 4. The van der Waals surface area contributed by atoms with Crippen LogP contribution in [0.15, 0.2) is 12.5 Å². The summed E-state index contributed by atoms with van der Waals surface area (Å²) in [5.41, 5.74) is 7.94. The zero-order chi connectivity index (χ0) is 10.4. The number of hydroxylamine groups is 1. The Morgan fingerprint density at radius 1 is 1.79 bits per heavy atom. The molecule has 0 saturated heterocycles. The molecule has 0 spiro atoms. The molecule has 0 aliphatic heterocycles. The number of nitrogens with two attached hydrogens (primary N) is 1. The van der Waals surface area contributed by atoms with Gasteiger partial charge in [0.25, 0.3) is 5.91 Å². The Kier molecular flexibility index (Phi) is 4.09. The van der Waals surface area contributed by atoms with E-state index in [1.54, 1.807) is 24.0 Å². The van der Waals surface area contributed by atoms with Gasteiger partial charge in [0.1, 0.15) is 5.69 Å². The lowest BCUT2D eigenvalue weighted by Crippen LogP contribution is -2.23. The zero-order valence-corrected chi connectivity index (χ0v) is 8.06. The number of hydrogen-bond donors (Lipinski definition) is 2. The molecule has 0 aromatic carbocycles. The van der Waals surface area contributed by atoms with Gasteiger partial charge in [-0.15, -0.1) is 0 Å². The molecule has 1 amide bonds. The summed E-state index contributed by atoms with van der Waals surface area (Å²) in [5, 5.41) is 0. The van der Waals surface area contributed by atoms with E-state index in [1.165, 1.54) is 0 Å². The molecule has 0 saturated carbocycles. The molecule has 0 radical (unpaired) electrons. The molecule has 0 aliphatic rings. The van der Waals surface area contributed by atoms with Gasteiger partial charge in [-0.25, -0.2) is 10.5 Å². The summed E-state index contributed by atoms with van der Waals surface area (Å²) in [5.74, 6) is -0.345.